The molecular weight excluding hydrogens is 584 g/mol. The van der Waals surface area contributed by atoms with E-state index in [0.717, 1.165) is 5.57 Å². The zero-order valence-corrected chi connectivity index (χ0v) is 24.7. The molecule has 2 N–H and O–H groups in total. The minimum atomic E-state index is -1.44. The first-order valence-corrected chi connectivity index (χ1v) is 14.8. The number of nitrogens with one attached hydrogen (secondary N) is 1. The monoisotopic (exact) mass is 612 g/mol. The fourth-order valence-electron chi connectivity index (χ4n) is 8.11. The topological polar surface area (TPSA) is 122 Å². The average molecular weight is 613 g/mol. The molecule has 4 amide bonds. The highest BCUT2D eigenvalue weighted by atomic mass is 35.5. The Bertz CT molecular complexity index is 1750. The summed E-state index contributed by atoms with van der Waals surface area (Å²) in [6.45, 7) is 0. The van der Waals surface area contributed by atoms with E-state index in [-0.39, 0.29) is 35.5 Å². The van der Waals surface area contributed by atoms with E-state index in [1.54, 1.807) is 36.4 Å². The molecule has 4 aliphatic rings. The lowest BCUT2D eigenvalue weighted by Crippen LogP contribution is -2.53. The van der Waals surface area contributed by atoms with Gasteiger partial charge in [0.1, 0.15) is 0 Å². The summed E-state index contributed by atoms with van der Waals surface area (Å²) in [5.74, 6) is -4.86. The lowest BCUT2D eigenvalue weighted by atomic mass is 9.49. The van der Waals surface area contributed by atoms with E-state index >= 15 is 4.79 Å². The molecule has 0 bridgehead atoms. The Hall–Kier alpha value is -4.63. The number of fused-ring (bicyclic) bond motifs is 4. The summed E-state index contributed by atoms with van der Waals surface area (Å²) >= 11 is 6.33. The average Bonchev–Trinajstić information content (AvgIpc) is 3.45. The summed E-state index contributed by atoms with van der Waals surface area (Å²) in [4.78, 5) is 57.0. The molecule has 0 radical (unpaired) electrons. The van der Waals surface area contributed by atoms with Crippen LogP contribution in [0.2, 0.25) is 5.02 Å². The first kappa shape index (κ1) is 28.2. The maximum atomic E-state index is 15.2. The summed E-state index contributed by atoms with van der Waals surface area (Å²) < 4.78 is 11.0. The van der Waals surface area contributed by atoms with Gasteiger partial charge in [0.25, 0.3) is 0 Å². The third-order valence-electron chi connectivity index (χ3n) is 9.85. The van der Waals surface area contributed by atoms with Gasteiger partial charge in [-0.1, -0.05) is 59.6 Å². The number of carbonyl (C=O) groups excluding carboxylic acids is 4. The third kappa shape index (κ3) is 3.78. The normalized spacial score (nSPS) is 29.0. The second kappa shape index (κ2) is 10.2. The second-order valence-corrected chi connectivity index (χ2v) is 12.2. The van der Waals surface area contributed by atoms with Crippen LogP contribution in [0.1, 0.15) is 29.9 Å². The number of imide groups is 2. The summed E-state index contributed by atoms with van der Waals surface area (Å²) in [7, 11) is 2.84. The minimum Gasteiger partial charge on any atom is -0.502 e. The predicted molar refractivity (Wildman–Crippen MR) is 160 cm³/mol. The molecule has 2 aliphatic heterocycles. The van der Waals surface area contributed by atoms with Crippen LogP contribution in [0, 0.1) is 23.7 Å². The van der Waals surface area contributed by atoms with Crippen molar-refractivity contribution in [1.82, 2.24) is 5.32 Å². The van der Waals surface area contributed by atoms with Crippen LogP contribution in [-0.4, -0.2) is 43.0 Å². The number of phenols is 1. The quantitative estimate of drug-likeness (QED) is 0.321. The van der Waals surface area contributed by atoms with E-state index in [9.17, 15) is 19.5 Å². The molecule has 0 spiro atoms. The number of halogens is 1. The molecule has 2 saturated heterocycles. The Morgan fingerprint density at radius 2 is 1.61 bits per heavy atom. The van der Waals surface area contributed by atoms with Crippen LogP contribution < -0.4 is 19.7 Å². The molecule has 10 heteroatoms. The van der Waals surface area contributed by atoms with Crippen molar-refractivity contribution < 1.29 is 33.8 Å². The van der Waals surface area contributed by atoms with Gasteiger partial charge in [-0.2, -0.15) is 0 Å². The van der Waals surface area contributed by atoms with E-state index in [0.29, 0.717) is 28.3 Å². The lowest BCUT2D eigenvalue weighted by Gasteiger charge is -2.50. The van der Waals surface area contributed by atoms with Crippen LogP contribution in [0.15, 0.2) is 78.4 Å². The molecule has 6 unspecified atom stereocenters. The zero-order valence-electron chi connectivity index (χ0n) is 24.0. The Kier molecular flexibility index (Phi) is 6.55. The molecule has 1 saturated carbocycles. The number of rotatable bonds is 5. The molecule has 6 atom stereocenters. The van der Waals surface area contributed by atoms with Gasteiger partial charge in [-0.3, -0.25) is 24.5 Å². The highest BCUT2D eigenvalue weighted by Crippen LogP contribution is 2.64. The van der Waals surface area contributed by atoms with Crippen LogP contribution in [0.5, 0.6) is 17.2 Å². The lowest BCUT2D eigenvalue weighted by molar-refractivity contribution is -0.128. The second-order valence-electron chi connectivity index (χ2n) is 11.7. The number of nitrogens with zero attached hydrogens (tertiary/aromatic N) is 1. The number of hydrogen-bond acceptors (Lipinski definition) is 7. The largest absolute Gasteiger partial charge is 0.502 e. The fraction of sp³-hybridized carbons (Fsp3) is 0.294. The van der Waals surface area contributed by atoms with E-state index < -0.39 is 46.8 Å². The van der Waals surface area contributed by atoms with E-state index in [2.05, 4.69) is 5.32 Å². The summed E-state index contributed by atoms with van der Waals surface area (Å²) in [6, 6.07) is 19.1. The molecule has 2 heterocycles. The van der Waals surface area contributed by atoms with Gasteiger partial charge in [0.05, 0.1) is 43.1 Å². The molecule has 3 aromatic rings. The predicted octanol–water partition coefficient (Wildman–Crippen LogP) is 4.51. The van der Waals surface area contributed by atoms with Gasteiger partial charge in [0.15, 0.2) is 11.5 Å². The number of ether oxygens (including phenoxy) is 2. The first-order valence-electron chi connectivity index (χ1n) is 14.4. The number of phenolic OH excluding ortho intramolecular Hbond substituents is 1. The Labute approximate surface area is 258 Å². The van der Waals surface area contributed by atoms with Crippen molar-refractivity contribution in [3.8, 4) is 17.2 Å². The van der Waals surface area contributed by atoms with E-state index in [4.69, 9.17) is 21.1 Å². The maximum absolute atomic E-state index is 15.2. The molecule has 2 aliphatic carbocycles. The highest BCUT2D eigenvalue weighted by molar-refractivity contribution is 6.32. The van der Waals surface area contributed by atoms with Crippen LogP contribution in [0.25, 0.3) is 0 Å². The molecule has 44 heavy (non-hydrogen) atoms. The molecule has 224 valence electrons. The van der Waals surface area contributed by atoms with Gasteiger partial charge < -0.3 is 14.6 Å². The van der Waals surface area contributed by atoms with Gasteiger partial charge in [-0.25, -0.2) is 4.90 Å². The van der Waals surface area contributed by atoms with Crippen LogP contribution in [0.4, 0.5) is 5.69 Å². The van der Waals surface area contributed by atoms with Crippen molar-refractivity contribution in [2.75, 3.05) is 19.1 Å². The van der Waals surface area contributed by atoms with Gasteiger partial charge in [-0.05, 0) is 60.2 Å². The van der Waals surface area contributed by atoms with Crippen LogP contribution >= 0.6 is 11.6 Å². The van der Waals surface area contributed by atoms with Crippen molar-refractivity contribution in [2.24, 2.45) is 23.7 Å². The maximum Gasteiger partial charge on any atom is 0.246 e. The molecule has 9 nitrogen and oxygen atoms in total. The van der Waals surface area contributed by atoms with Gasteiger partial charge in [-0.15, -0.1) is 0 Å². The number of carbonyl (C=O) groups is 4. The molecular formula is C34H29ClN2O7. The summed E-state index contributed by atoms with van der Waals surface area (Å²) in [6.07, 6.45) is 2.46. The number of anilines is 1. The SMILES string of the molecule is COc1cc(C2C3=CCC4C(=O)NC(=O)C4C3CC3C(=O)N(c4cccc(Cl)c4)C(=O)C32c2ccccc2)cc(OC)c1O. The number of hydrogen-bond donors (Lipinski definition) is 2. The molecule has 3 aromatic carbocycles. The highest BCUT2D eigenvalue weighted by Gasteiger charge is 2.69. The number of methoxy groups -OCH3 is 2. The zero-order chi connectivity index (χ0) is 30.9. The molecule has 0 aromatic heterocycles. The van der Waals surface area contributed by atoms with Gasteiger partial charge in [0.2, 0.25) is 29.4 Å². The van der Waals surface area contributed by atoms with Crippen molar-refractivity contribution in [3.05, 3.63) is 94.5 Å². The van der Waals surface area contributed by atoms with Gasteiger partial charge in [0, 0.05) is 10.9 Å². The van der Waals surface area contributed by atoms with Crippen molar-refractivity contribution in [3.63, 3.8) is 0 Å². The third-order valence-corrected chi connectivity index (χ3v) is 10.1. The first-order chi connectivity index (χ1) is 21.2. The fourth-order valence-corrected chi connectivity index (χ4v) is 8.29. The Morgan fingerprint density at radius 3 is 2.27 bits per heavy atom. The van der Waals surface area contributed by atoms with Crippen LogP contribution in [0.3, 0.4) is 0 Å². The smallest absolute Gasteiger partial charge is 0.246 e. The number of benzene rings is 3. The Balaban J connectivity index is 1.55. The van der Waals surface area contributed by atoms with Crippen molar-refractivity contribution in [2.45, 2.75) is 24.2 Å². The number of aromatic hydroxyl groups is 1. The number of amides is 4. The van der Waals surface area contributed by atoms with Crippen molar-refractivity contribution in [1.29, 1.82) is 0 Å². The minimum absolute atomic E-state index is 0.132. The molecule has 7 rings (SSSR count). The van der Waals surface area contributed by atoms with E-state index in [1.807, 2.05) is 36.4 Å². The standard InChI is InChI=1S/C34H29ClN2O7/c1-43-25-13-17(14-26(44-2)29(25)38)28-21-11-12-22-27(31(40)36-30(22)39)23(21)16-24-32(41)37(20-10-6-9-19(35)15-20)33(42)34(24,28)18-7-4-3-5-8-18/h3-11,13-15,22-24,27-28,38H,12,16H2,1-2H3,(H,36,39,40). The van der Waals surface area contributed by atoms with E-state index in [1.165, 1.54) is 19.1 Å². The summed E-state index contributed by atoms with van der Waals surface area (Å²) in [5, 5.41) is 13.7. The van der Waals surface area contributed by atoms with Crippen LogP contribution in [-0.2, 0) is 24.6 Å². The number of allylic oxidation sites excluding steroid dienone is 2. The van der Waals surface area contributed by atoms with Crippen molar-refractivity contribution >= 4 is 40.9 Å². The Morgan fingerprint density at radius 1 is 0.909 bits per heavy atom. The van der Waals surface area contributed by atoms with Gasteiger partial charge >= 0.3 is 0 Å². The summed E-state index contributed by atoms with van der Waals surface area (Å²) in [5.41, 5.74) is 0.901. The molecule has 3 fully saturated rings.